The third-order valence-electron chi connectivity index (χ3n) is 5.94. The van der Waals surface area contributed by atoms with Crippen LogP contribution in [0.3, 0.4) is 0 Å². The summed E-state index contributed by atoms with van der Waals surface area (Å²) < 4.78 is 69.5. The van der Waals surface area contributed by atoms with Gasteiger partial charge in [-0.3, -0.25) is 0 Å². The van der Waals surface area contributed by atoms with Gasteiger partial charge in [0.25, 0.3) is 0 Å². The zero-order chi connectivity index (χ0) is 26.4. The van der Waals surface area contributed by atoms with Crippen molar-refractivity contribution in [3.63, 3.8) is 0 Å². The summed E-state index contributed by atoms with van der Waals surface area (Å²) in [5.74, 6) is -3.75. The highest BCUT2D eigenvalue weighted by molar-refractivity contribution is 5.66. The van der Waals surface area contributed by atoms with E-state index in [4.69, 9.17) is 9.47 Å². The summed E-state index contributed by atoms with van der Waals surface area (Å²) in [7, 11) is 0. The highest BCUT2D eigenvalue weighted by Gasteiger charge is 2.17. The fourth-order valence-electron chi connectivity index (χ4n) is 3.82. The summed E-state index contributed by atoms with van der Waals surface area (Å²) in [6.07, 6.45) is 3.10. The van der Waals surface area contributed by atoms with Gasteiger partial charge in [0.1, 0.15) is 12.4 Å². The van der Waals surface area contributed by atoms with Crippen LogP contribution in [0.15, 0.2) is 85.5 Å². The largest absolute Gasteiger partial charge is 0.490 e. The number of aryl methyl sites for hydroxylation is 1. The van der Waals surface area contributed by atoms with E-state index in [9.17, 15) is 17.6 Å². The van der Waals surface area contributed by atoms with E-state index in [0.29, 0.717) is 23.3 Å². The van der Waals surface area contributed by atoms with E-state index < -0.39 is 23.3 Å². The monoisotopic (exact) mass is 506 g/mol. The van der Waals surface area contributed by atoms with Crippen LogP contribution in [0.5, 0.6) is 11.5 Å². The Balaban J connectivity index is 1.43. The lowest BCUT2D eigenvalue weighted by Crippen LogP contribution is -2.02. The maximum Gasteiger partial charge on any atom is 0.201 e. The van der Waals surface area contributed by atoms with E-state index in [1.807, 2.05) is 19.1 Å². The summed E-state index contributed by atoms with van der Waals surface area (Å²) in [6.45, 7) is 5.59. The number of hydrogen-bond donors (Lipinski definition) is 0. The Morgan fingerprint density at radius 2 is 1.27 bits per heavy atom. The molecule has 0 saturated heterocycles. The number of rotatable bonds is 10. The summed E-state index contributed by atoms with van der Waals surface area (Å²) in [5, 5.41) is 0. The van der Waals surface area contributed by atoms with Gasteiger partial charge in [-0.1, -0.05) is 60.2 Å². The lowest BCUT2D eigenvalue weighted by atomic mass is 10.0. The molecule has 4 aromatic carbocycles. The van der Waals surface area contributed by atoms with Crippen LogP contribution in [0, 0.1) is 30.2 Å². The van der Waals surface area contributed by atoms with Crippen molar-refractivity contribution < 1.29 is 27.0 Å². The fourth-order valence-corrected chi connectivity index (χ4v) is 3.82. The Morgan fingerprint density at radius 1 is 0.676 bits per heavy atom. The van der Waals surface area contributed by atoms with Crippen molar-refractivity contribution in [1.29, 1.82) is 0 Å². The predicted octanol–water partition coefficient (Wildman–Crippen LogP) is 8.81. The van der Waals surface area contributed by atoms with E-state index in [0.717, 1.165) is 12.0 Å². The number of unbranched alkanes of at least 4 members (excludes halogenated alkanes) is 1. The first-order valence-electron chi connectivity index (χ1n) is 11.9. The molecule has 0 fully saturated rings. The summed E-state index contributed by atoms with van der Waals surface area (Å²) in [6, 6.07) is 19.2. The minimum atomic E-state index is -1.05. The van der Waals surface area contributed by atoms with E-state index in [-0.39, 0.29) is 35.7 Å². The van der Waals surface area contributed by atoms with Crippen molar-refractivity contribution in [3.8, 4) is 33.8 Å². The molecule has 0 radical (unpaired) electrons. The van der Waals surface area contributed by atoms with Crippen molar-refractivity contribution >= 4 is 0 Å². The second-order valence-corrected chi connectivity index (χ2v) is 8.60. The molecule has 4 aromatic rings. The first kappa shape index (κ1) is 26.0. The molecule has 4 rings (SSSR count). The average Bonchev–Trinajstić information content (AvgIpc) is 2.91. The van der Waals surface area contributed by atoms with Gasteiger partial charge >= 0.3 is 0 Å². The molecule has 0 unspecified atom stereocenters. The van der Waals surface area contributed by atoms with Crippen molar-refractivity contribution in [2.24, 2.45) is 0 Å². The van der Waals surface area contributed by atoms with Gasteiger partial charge in [0.15, 0.2) is 23.2 Å². The molecular formula is C31H26F4O2. The normalized spacial score (nSPS) is 10.8. The third-order valence-corrected chi connectivity index (χ3v) is 5.94. The molecule has 0 saturated carbocycles. The van der Waals surface area contributed by atoms with Crippen molar-refractivity contribution in [3.05, 3.63) is 120 Å². The Bertz CT molecular complexity index is 1380. The van der Waals surface area contributed by atoms with Crippen LogP contribution in [0.4, 0.5) is 17.6 Å². The van der Waals surface area contributed by atoms with Gasteiger partial charge in [0, 0.05) is 16.7 Å². The van der Waals surface area contributed by atoms with Crippen molar-refractivity contribution in [1.82, 2.24) is 0 Å². The van der Waals surface area contributed by atoms with Crippen LogP contribution < -0.4 is 9.47 Å². The molecule has 0 bridgehead atoms. The van der Waals surface area contributed by atoms with Crippen LogP contribution in [0.1, 0.15) is 24.0 Å². The Kier molecular flexibility index (Phi) is 8.29. The highest BCUT2D eigenvalue weighted by atomic mass is 19.2. The Hall–Kier alpha value is -4.06. The van der Waals surface area contributed by atoms with Gasteiger partial charge in [-0.15, -0.1) is 6.58 Å². The van der Waals surface area contributed by atoms with E-state index in [2.05, 4.69) is 6.58 Å². The standard InChI is InChI=1S/C31H26F4O2/c1-3-4-5-18-36-27-17-16-26(30(34)31(27)35)22-10-13-24(14-11-22)37-19-23-12-15-25(29(33)28(23)32)21-8-6-20(2)7-9-21/h3,6-17H,1,4-5,18-19H2,2H3. The lowest BCUT2D eigenvalue weighted by Gasteiger charge is -2.12. The van der Waals surface area contributed by atoms with Crippen LogP contribution in [0.25, 0.3) is 22.3 Å². The minimum Gasteiger partial charge on any atom is -0.490 e. The summed E-state index contributed by atoms with van der Waals surface area (Å²) in [4.78, 5) is 0. The first-order chi connectivity index (χ1) is 17.9. The quantitative estimate of drug-likeness (QED) is 0.122. The zero-order valence-electron chi connectivity index (χ0n) is 20.4. The second-order valence-electron chi connectivity index (χ2n) is 8.60. The van der Waals surface area contributed by atoms with Gasteiger partial charge in [-0.05, 0) is 55.2 Å². The van der Waals surface area contributed by atoms with Crippen LogP contribution >= 0.6 is 0 Å². The maximum absolute atomic E-state index is 14.7. The molecule has 37 heavy (non-hydrogen) atoms. The zero-order valence-corrected chi connectivity index (χ0v) is 20.4. The number of halogens is 4. The van der Waals surface area contributed by atoms with Crippen molar-refractivity contribution in [2.75, 3.05) is 6.61 Å². The molecule has 0 aliphatic carbocycles. The first-order valence-corrected chi connectivity index (χ1v) is 11.9. The smallest absolute Gasteiger partial charge is 0.201 e. The highest BCUT2D eigenvalue weighted by Crippen LogP contribution is 2.32. The van der Waals surface area contributed by atoms with Crippen LogP contribution in [-0.4, -0.2) is 6.61 Å². The summed E-state index contributed by atoms with van der Waals surface area (Å²) >= 11 is 0. The Morgan fingerprint density at radius 3 is 1.92 bits per heavy atom. The number of ether oxygens (including phenoxy) is 2. The molecule has 6 heteroatoms. The molecular weight excluding hydrogens is 480 g/mol. The number of allylic oxidation sites excluding steroid dienone is 1. The molecule has 0 amide bonds. The molecule has 2 nitrogen and oxygen atoms in total. The van der Waals surface area contributed by atoms with E-state index >= 15 is 0 Å². The van der Waals surface area contributed by atoms with Gasteiger partial charge in [-0.25, -0.2) is 13.2 Å². The molecule has 0 aromatic heterocycles. The Labute approximate surface area is 213 Å². The van der Waals surface area contributed by atoms with Crippen LogP contribution in [0.2, 0.25) is 0 Å². The van der Waals surface area contributed by atoms with Crippen molar-refractivity contribution in [2.45, 2.75) is 26.4 Å². The van der Waals surface area contributed by atoms with E-state index in [1.54, 1.807) is 42.5 Å². The van der Waals surface area contributed by atoms with Gasteiger partial charge in [0.05, 0.1) is 6.61 Å². The molecule has 0 aliphatic rings. The molecule has 0 aliphatic heterocycles. The topological polar surface area (TPSA) is 18.5 Å². The molecule has 190 valence electrons. The van der Waals surface area contributed by atoms with Crippen LogP contribution in [-0.2, 0) is 6.61 Å². The van der Waals surface area contributed by atoms with Gasteiger partial charge in [-0.2, -0.15) is 4.39 Å². The average molecular weight is 507 g/mol. The molecule has 0 atom stereocenters. The summed E-state index contributed by atoms with van der Waals surface area (Å²) in [5.41, 5.74) is 2.35. The predicted molar refractivity (Wildman–Crippen MR) is 138 cm³/mol. The minimum absolute atomic E-state index is 0.0641. The fraction of sp³-hybridized carbons (Fsp3) is 0.161. The van der Waals surface area contributed by atoms with Gasteiger partial charge < -0.3 is 9.47 Å². The third kappa shape index (κ3) is 6.02. The lowest BCUT2D eigenvalue weighted by molar-refractivity contribution is 0.291. The van der Waals surface area contributed by atoms with Gasteiger partial charge in [0.2, 0.25) is 5.82 Å². The molecule has 0 N–H and O–H groups in total. The van der Waals surface area contributed by atoms with E-state index in [1.165, 1.54) is 24.3 Å². The molecule has 0 spiro atoms. The SMILES string of the molecule is C=CCCCOc1ccc(-c2ccc(OCc3ccc(-c4ccc(C)cc4)c(F)c3F)cc2)c(F)c1F. The second kappa shape index (κ2) is 11.8. The molecule has 0 heterocycles. The maximum atomic E-state index is 14.7. The number of hydrogen-bond acceptors (Lipinski definition) is 2. The number of benzene rings is 4.